The second kappa shape index (κ2) is 7.69. The minimum atomic E-state index is -0.575. The third-order valence-corrected chi connectivity index (χ3v) is 5.32. The highest BCUT2D eigenvalue weighted by molar-refractivity contribution is 7.13. The highest BCUT2D eigenvalue weighted by atomic mass is 32.1. The van der Waals surface area contributed by atoms with E-state index in [4.69, 9.17) is 0 Å². The van der Waals surface area contributed by atoms with Crippen molar-refractivity contribution in [3.05, 3.63) is 87.3 Å². The van der Waals surface area contributed by atoms with E-state index < -0.39 is 4.92 Å². The summed E-state index contributed by atoms with van der Waals surface area (Å²) in [6.45, 7) is -0.107. The molecule has 2 aromatic carbocycles. The Hall–Kier alpha value is -3.78. The first-order valence-electron chi connectivity index (χ1n) is 8.69. The zero-order chi connectivity index (χ0) is 20.4. The standard InChI is InChI=1S/C21H15N3O4S/c25-19-8-7-14(24(27)28)10-13(19)12-22-21(26)16-11-18(20-6-3-9-29-20)23-17-5-2-1-4-15(16)17/h1-11,25H,12H2,(H,22,26)/p-1. The molecule has 4 aromatic rings. The number of fused-ring (bicyclic) bond motifs is 1. The number of rotatable bonds is 5. The summed E-state index contributed by atoms with van der Waals surface area (Å²) in [4.78, 5) is 28.8. The number of benzene rings is 2. The Bertz CT molecular complexity index is 1220. The molecule has 0 aliphatic rings. The van der Waals surface area contributed by atoms with Gasteiger partial charge in [0.1, 0.15) is 0 Å². The van der Waals surface area contributed by atoms with E-state index in [0.29, 0.717) is 22.2 Å². The number of pyridine rings is 1. The van der Waals surface area contributed by atoms with Crippen LogP contribution in [0.1, 0.15) is 15.9 Å². The number of nitrogens with zero attached hydrogens (tertiary/aromatic N) is 2. The van der Waals surface area contributed by atoms with Crippen LogP contribution in [0.15, 0.2) is 66.0 Å². The van der Waals surface area contributed by atoms with Crippen molar-refractivity contribution in [3.8, 4) is 16.3 Å². The summed E-state index contributed by atoms with van der Waals surface area (Å²) in [7, 11) is 0. The van der Waals surface area contributed by atoms with Gasteiger partial charge in [0, 0.05) is 24.1 Å². The van der Waals surface area contributed by atoms with E-state index in [2.05, 4.69) is 10.3 Å². The molecule has 7 nitrogen and oxygen atoms in total. The number of nitro benzene ring substituents is 1. The van der Waals surface area contributed by atoms with E-state index >= 15 is 0 Å². The largest absolute Gasteiger partial charge is 0.872 e. The summed E-state index contributed by atoms with van der Waals surface area (Å²) in [5, 5.41) is 28.2. The molecule has 0 atom stereocenters. The molecule has 0 saturated heterocycles. The number of carbonyl (C=O) groups is 1. The van der Waals surface area contributed by atoms with Crippen LogP contribution in [0.5, 0.6) is 5.75 Å². The number of carbonyl (C=O) groups excluding carboxylic acids is 1. The number of hydrogen-bond donors (Lipinski definition) is 1. The molecule has 2 aromatic heterocycles. The molecule has 0 unspecified atom stereocenters. The summed E-state index contributed by atoms with van der Waals surface area (Å²) in [6.07, 6.45) is 0. The molecule has 8 heteroatoms. The lowest BCUT2D eigenvalue weighted by molar-refractivity contribution is -0.385. The Morgan fingerprint density at radius 1 is 1.10 bits per heavy atom. The van der Waals surface area contributed by atoms with Gasteiger partial charge in [0.05, 0.1) is 26.6 Å². The minimum Gasteiger partial charge on any atom is -0.872 e. The minimum absolute atomic E-state index is 0.107. The average Bonchev–Trinajstić information content (AvgIpc) is 3.27. The third-order valence-electron chi connectivity index (χ3n) is 4.43. The molecule has 0 spiro atoms. The van der Waals surface area contributed by atoms with E-state index in [9.17, 15) is 20.0 Å². The summed E-state index contributed by atoms with van der Waals surface area (Å²) in [6, 6.07) is 16.3. The fourth-order valence-corrected chi connectivity index (χ4v) is 3.69. The van der Waals surface area contributed by atoms with Gasteiger partial charge in [-0.3, -0.25) is 14.9 Å². The van der Waals surface area contributed by atoms with Gasteiger partial charge in [-0.05, 0) is 29.1 Å². The van der Waals surface area contributed by atoms with Crippen molar-refractivity contribution in [2.45, 2.75) is 6.54 Å². The zero-order valence-corrected chi connectivity index (χ0v) is 15.8. The molecule has 0 aliphatic carbocycles. The van der Waals surface area contributed by atoms with Gasteiger partial charge in [0.25, 0.3) is 11.6 Å². The van der Waals surface area contributed by atoms with Gasteiger partial charge in [-0.1, -0.05) is 30.3 Å². The van der Waals surface area contributed by atoms with Crippen LogP contribution in [0, 0.1) is 10.1 Å². The summed E-state index contributed by atoms with van der Waals surface area (Å²) >= 11 is 1.52. The second-order valence-corrected chi connectivity index (χ2v) is 7.23. The van der Waals surface area contributed by atoms with Crippen LogP contribution in [0.2, 0.25) is 0 Å². The van der Waals surface area contributed by atoms with Crippen molar-refractivity contribution in [3.63, 3.8) is 0 Å². The number of nitrogens with one attached hydrogen (secondary N) is 1. The number of aromatic nitrogens is 1. The molecule has 0 aliphatic heterocycles. The molecule has 29 heavy (non-hydrogen) atoms. The maximum Gasteiger partial charge on any atom is 0.269 e. The van der Waals surface area contributed by atoms with Gasteiger partial charge in [0.15, 0.2) is 0 Å². The smallest absolute Gasteiger partial charge is 0.269 e. The van der Waals surface area contributed by atoms with Gasteiger partial charge in [0.2, 0.25) is 0 Å². The molecule has 0 bridgehead atoms. The van der Waals surface area contributed by atoms with E-state index in [-0.39, 0.29) is 29.5 Å². The van der Waals surface area contributed by atoms with Crippen molar-refractivity contribution in [1.82, 2.24) is 10.3 Å². The Kier molecular flexibility index (Phi) is 4.92. The quantitative estimate of drug-likeness (QED) is 0.401. The van der Waals surface area contributed by atoms with Gasteiger partial charge < -0.3 is 10.4 Å². The van der Waals surface area contributed by atoms with Crippen LogP contribution in [0.4, 0.5) is 5.69 Å². The van der Waals surface area contributed by atoms with Crippen molar-refractivity contribution in [1.29, 1.82) is 0 Å². The van der Waals surface area contributed by atoms with Crippen molar-refractivity contribution in [2.75, 3.05) is 0 Å². The molecule has 1 amide bonds. The lowest BCUT2D eigenvalue weighted by Gasteiger charge is -2.14. The normalized spacial score (nSPS) is 10.8. The summed E-state index contributed by atoms with van der Waals surface area (Å²) in [5.74, 6) is -0.748. The van der Waals surface area contributed by atoms with Gasteiger partial charge >= 0.3 is 0 Å². The van der Waals surface area contributed by atoms with Crippen LogP contribution in [-0.4, -0.2) is 15.8 Å². The second-order valence-electron chi connectivity index (χ2n) is 6.28. The fourth-order valence-electron chi connectivity index (χ4n) is 3.00. The first kappa shape index (κ1) is 18.6. The molecule has 2 heterocycles. The maximum absolute atomic E-state index is 12.9. The first-order chi connectivity index (χ1) is 14.0. The number of nitro groups is 1. The molecule has 0 saturated carbocycles. The molecule has 1 N–H and O–H groups in total. The SMILES string of the molecule is O=C(NCc1cc([N+](=O)[O-])ccc1[O-])c1cc(-c2cccs2)nc2ccccc12. The number of para-hydroxylation sites is 1. The van der Waals surface area contributed by atoms with E-state index in [1.165, 1.54) is 17.4 Å². The summed E-state index contributed by atoms with van der Waals surface area (Å²) < 4.78 is 0. The Balaban J connectivity index is 1.67. The topological polar surface area (TPSA) is 108 Å². The molecular formula is C21H14N3O4S-. The third kappa shape index (κ3) is 3.78. The van der Waals surface area contributed by atoms with E-state index in [1.54, 1.807) is 6.07 Å². The summed E-state index contributed by atoms with van der Waals surface area (Å²) in [5.41, 5.74) is 1.76. The average molecular weight is 404 g/mol. The fraction of sp³-hybridized carbons (Fsp3) is 0.0476. The monoisotopic (exact) mass is 404 g/mol. The Labute approximate surface area is 169 Å². The van der Waals surface area contributed by atoms with Crippen molar-refractivity contribution < 1.29 is 14.8 Å². The first-order valence-corrected chi connectivity index (χ1v) is 9.57. The zero-order valence-electron chi connectivity index (χ0n) is 15.0. The van der Waals surface area contributed by atoms with Crippen LogP contribution >= 0.6 is 11.3 Å². The lowest BCUT2D eigenvalue weighted by atomic mass is 10.1. The van der Waals surface area contributed by atoms with E-state index in [0.717, 1.165) is 17.0 Å². The van der Waals surface area contributed by atoms with Crippen molar-refractivity contribution >= 4 is 33.8 Å². The Morgan fingerprint density at radius 3 is 2.69 bits per heavy atom. The lowest BCUT2D eigenvalue weighted by Crippen LogP contribution is -2.24. The predicted molar refractivity (Wildman–Crippen MR) is 109 cm³/mol. The molecular weight excluding hydrogens is 390 g/mol. The number of non-ortho nitro benzene ring substituents is 1. The predicted octanol–water partition coefficient (Wildman–Crippen LogP) is 3.88. The number of thiophene rings is 1. The van der Waals surface area contributed by atoms with Gasteiger partial charge in [-0.15, -0.1) is 17.1 Å². The molecule has 0 fully saturated rings. The molecule has 4 rings (SSSR count). The van der Waals surface area contributed by atoms with Crippen LogP contribution < -0.4 is 10.4 Å². The van der Waals surface area contributed by atoms with Gasteiger partial charge in [-0.2, -0.15) is 0 Å². The van der Waals surface area contributed by atoms with Gasteiger partial charge in [-0.25, -0.2) is 4.98 Å². The highest BCUT2D eigenvalue weighted by Gasteiger charge is 2.15. The molecule has 144 valence electrons. The van der Waals surface area contributed by atoms with Crippen LogP contribution in [-0.2, 0) is 6.54 Å². The maximum atomic E-state index is 12.9. The number of hydrogen-bond acceptors (Lipinski definition) is 6. The highest BCUT2D eigenvalue weighted by Crippen LogP contribution is 2.28. The van der Waals surface area contributed by atoms with Crippen LogP contribution in [0.3, 0.4) is 0 Å². The van der Waals surface area contributed by atoms with Crippen molar-refractivity contribution in [2.24, 2.45) is 0 Å². The number of amides is 1. The Morgan fingerprint density at radius 2 is 1.93 bits per heavy atom. The van der Waals surface area contributed by atoms with Crippen LogP contribution in [0.25, 0.3) is 21.5 Å². The van der Waals surface area contributed by atoms with E-state index in [1.807, 2.05) is 41.8 Å². The molecule has 0 radical (unpaired) electrons.